The number of carbonyl (C=O) groups excluding carboxylic acids is 2. The average molecular weight is 583 g/mol. The zero-order valence-electron chi connectivity index (χ0n) is 23.2. The second-order valence-corrected chi connectivity index (χ2v) is 12.7. The Morgan fingerprint density at radius 1 is 1.00 bits per heavy atom. The fourth-order valence-electron chi connectivity index (χ4n) is 5.36. The maximum absolute atomic E-state index is 13.6. The van der Waals surface area contributed by atoms with Crippen molar-refractivity contribution in [2.75, 3.05) is 46.1 Å². The second kappa shape index (κ2) is 12.1. The van der Waals surface area contributed by atoms with Crippen LogP contribution < -0.4 is 15.4 Å². The number of nitrogens with one attached hydrogen (secondary N) is 2. The summed E-state index contributed by atoms with van der Waals surface area (Å²) >= 11 is 0. The molecular formula is C30H35FN4O5S. The number of carbonyl (C=O) groups is 2. The van der Waals surface area contributed by atoms with Gasteiger partial charge in [0.2, 0.25) is 15.9 Å². The summed E-state index contributed by atoms with van der Waals surface area (Å²) in [5.74, 6) is 0.163. The highest BCUT2D eigenvalue weighted by atomic mass is 32.2. The van der Waals surface area contributed by atoms with Crippen molar-refractivity contribution in [1.82, 2.24) is 19.8 Å². The Morgan fingerprint density at radius 2 is 1.68 bits per heavy atom. The van der Waals surface area contributed by atoms with Crippen molar-refractivity contribution in [3.05, 3.63) is 77.6 Å². The molecule has 41 heavy (non-hydrogen) atoms. The number of hydrogen-bond acceptors (Lipinski definition) is 6. The summed E-state index contributed by atoms with van der Waals surface area (Å²) in [5.41, 5.74) is 1.51. The van der Waals surface area contributed by atoms with E-state index in [1.54, 1.807) is 36.3 Å². The lowest BCUT2D eigenvalue weighted by atomic mass is 10.1. The average Bonchev–Trinajstić information content (AvgIpc) is 3.75. The maximum atomic E-state index is 13.6. The van der Waals surface area contributed by atoms with Gasteiger partial charge >= 0.3 is 0 Å². The zero-order chi connectivity index (χ0) is 29.1. The Balaban J connectivity index is 1.25. The molecule has 3 aromatic rings. The molecule has 2 amide bonds. The number of sulfonamides is 1. The molecule has 2 N–H and O–H groups in total. The van der Waals surface area contributed by atoms with Crippen molar-refractivity contribution >= 4 is 32.6 Å². The Bertz CT molecular complexity index is 1520. The standard InChI is InChI=1S/C30H35FN4O5S/c1-40-25-10-7-21-17-23(4-3-22(21)18-25)29(36)33-27(30(37)34-13-15-35(16-14-34)41(2,38)39)11-12-32-28-19-26(28)20-5-8-24(31)9-6-20/h3-10,17-18,26-28,32H,11-16,19H2,1-2H3,(H,33,36)/t26-,27+,28+/m1/s1. The van der Waals surface area contributed by atoms with Crippen molar-refractivity contribution in [3.63, 3.8) is 0 Å². The fraction of sp³-hybridized carbons (Fsp3) is 0.400. The molecule has 0 bridgehead atoms. The zero-order valence-corrected chi connectivity index (χ0v) is 24.0. The number of piperazine rings is 1. The number of fused-ring (bicyclic) bond motifs is 1. The molecule has 0 unspecified atom stereocenters. The maximum Gasteiger partial charge on any atom is 0.251 e. The van der Waals surface area contributed by atoms with E-state index < -0.39 is 16.1 Å². The summed E-state index contributed by atoms with van der Waals surface area (Å²) in [6.45, 7) is 1.47. The number of rotatable bonds is 10. The topological polar surface area (TPSA) is 108 Å². The van der Waals surface area contributed by atoms with Crippen molar-refractivity contribution in [2.24, 2.45) is 0 Å². The molecule has 1 saturated carbocycles. The first kappa shape index (κ1) is 29.0. The summed E-state index contributed by atoms with van der Waals surface area (Å²) in [6.07, 6.45) is 2.45. The van der Waals surface area contributed by atoms with Crippen molar-refractivity contribution in [1.29, 1.82) is 0 Å². The first-order valence-electron chi connectivity index (χ1n) is 13.7. The van der Waals surface area contributed by atoms with Gasteiger partial charge in [-0.3, -0.25) is 9.59 Å². The highest BCUT2D eigenvalue weighted by molar-refractivity contribution is 7.88. The molecule has 11 heteroatoms. The third-order valence-corrected chi connectivity index (χ3v) is 9.16. The molecule has 3 aromatic carbocycles. The smallest absolute Gasteiger partial charge is 0.251 e. The molecule has 9 nitrogen and oxygen atoms in total. The second-order valence-electron chi connectivity index (χ2n) is 10.7. The molecule has 3 atom stereocenters. The highest BCUT2D eigenvalue weighted by Gasteiger charge is 2.38. The minimum atomic E-state index is -3.33. The summed E-state index contributed by atoms with van der Waals surface area (Å²) in [6, 6.07) is 16.9. The summed E-state index contributed by atoms with van der Waals surface area (Å²) < 4.78 is 43.7. The Hall–Kier alpha value is -3.54. The third-order valence-electron chi connectivity index (χ3n) is 7.86. The van der Waals surface area contributed by atoms with Gasteiger partial charge in [0.25, 0.3) is 5.91 Å². The van der Waals surface area contributed by atoms with Crippen LogP contribution in [0.25, 0.3) is 10.8 Å². The predicted octanol–water partition coefficient (Wildman–Crippen LogP) is 2.73. The largest absolute Gasteiger partial charge is 0.497 e. The summed E-state index contributed by atoms with van der Waals surface area (Å²) in [5, 5.41) is 8.21. The van der Waals surface area contributed by atoms with Crippen LogP contribution in [0.2, 0.25) is 0 Å². The van der Waals surface area contributed by atoms with Gasteiger partial charge in [0.15, 0.2) is 0 Å². The number of nitrogens with zero attached hydrogens (tertiary/aromatic N) is 2. The van der Waals surface area contributed by atoms with Crippen molar-refractivity contribution in [3.8, 4) is 5.75 Å². The lowest BCUT2D eigenvalue weighted by Crippen LogP contribution is -2.56. The van der Waals surface area contributed by atoms with E-state index in [4.69, 9.17) is 4.74 Å². The van der Waals surface area contributed by atoms with Crippen LogP contribution in [0.4, 0.5) is 4.39 Å². The van der Waals surface area contributed by atoms with Crippen molar-refractivity contribution in [2.45, 2.75) is 30.8 Å². The third kappa shape index (κ3) is 7.03. The number of benzene rings is 3. The van der Waals surface area contributed by atoms with E-state index in [-0.39, 0.29) is 49.9 Å². The van der Waals surface area contributed by atoms with Crippen LogP contribution in [0.15, 0.2) is 60.7 Å². The quantitative estimate of drug-likeness (QED) is 0.381. The molecule has 0 radical (unpaired) electrons. The van der Waals surface area contributed by atoms with Crippen LogP contribution in [0.1, 0.15) is 34.7 Å². The van der Waals surface area contributed by atoms with Gasteiger partial charge in [-0.05, 0) is 72.1 Å². The predicted molar refractivity (Wildman–Crippen MR) is 155 cm³/mol. The van der Waals surface area contributed by atoms with E-state index in [1.807, 2.05) is 24.3 Å². The highest BCUT2D eigenvalue weighted by Crippen LogP contribution is 2.40. The van der Waals surface area contributed by atoms with E-state index in [2.05, 4.69) is 10.6 Å². The van der Waals surface area contributed by atoms with E-state index in [0.29, 0.717) is 24.4 Å². The Kier molecular flexibility index (Phi) is 8.58. The number of methoxy groups -OCH3 is 1. The molecule has 2 fully saturated rings. The van der Waals surface area contributed by atoms with Gasteiger partial charge < -0.3 is 20.3 Å². The van der Waals surface area contributed by atoms with Crippen LogP contribution in [-0.2, 0) is 14.8 Å². The lowest BCUT2D eigenvalue weighted by molar-refractivity contribution is -0.134. The first-order chi connectivity index (χ1) is 19.6. The van der Waals surface area contributed by atoms with Gasteiger partial charge in [-0.15, -0.1) is 0 Å². The number of amides is 2. The summed E-state index contributed by atoms with van der Waals surface area (Å²) in [4.78, 5) is 28.5. The first-order valence-corrected chi connectivity index (χ1v) is 15.6. The van der Waals surface area contributed by atoms with Crippen LogP contribution in [0, 0.1) is 5.82 Å². The minimum Gasteiger partial charge on any atom is -0.497 e. The van der Waals surface area contributed by atoms with Gasteiger partial charge in [-0.1, -0.05) is 24.3 Å². The van der Waals surface area contributed by atoms with Gasteiger partial charge in [-0.2, -0.15) is 4.31 Å². The van der Waals surface area contributed by atoms with E-state index in [0.717, 1.165) is 34.8 Å². The molecule has 1 heterocycles. The van der Waals surface area contributed by atoms with Crippen LogP contribution >= 0.6 is 0 Å². The lowest BCUT2D eigenvalue weighted by Gasteiger charge is -2.35. The molecular weight excluding hydrogens is 547 g/mol. The minimum absolute atomic E-state index is 0.221. The van der Waals surface area contributed by atoms with Gasteiger partial charge in [0.05, 0.1) is 13.4 Å². The fourth-order valence-corrected chi connectivity index (χ4v) is 6.19. The van der Waals surface area contributed by atoms with Crippen LogP contribution in [0.3, 0.4) is 0 Å². The monoisotopic (exact) mass is 582 g/mol. The molecule has 2 aliphatic rings. The van der Waals surface area contributed by atoms with Crippen molar-refractivity contribution < 1.29 is 27.1 Å². The Morgan fingerprint density at radius 3 is 2.37 bits per heavy atom. The molecule has 0 aromatic heterocycles. The van der Waals surface area contributed by atoms with Crippen LogP contribution in [0.5, 0.6) is 5.75 Å². The van der Waals surface area contributed by atoms with Crippen LogP contribution in [-0.4, -0.2) is 87.6 Å². The van der Waals surface area contributed by atoms with Gasteiger partial charge in [0, 0.05) is 43.7 Å². The molecule has 218 valence electrons. The van der Waals surface area contributed by atoms with E-state index in [1.165, 1.54) is 16.4 Å². The number of hydrogen-bond donors (Lipinski definition) is 2. The SMILES string of the molecule is COc1ccc2cc(C(=O)N[C@@H](CCN[C@H]3C[C@@H]3c3ccc(F)cc3)C(=O)N3CCN(S(C)(=O)=O)CC3)ccc2c1. The van der Waals surface area contributed by atoms with Gasteiger partial charge in [0.1, 0.15) is 17.6 Å². The number of halogens is 1. The molecule has 0 spiro atoms. The molecule has 5 rings (SSSR count). The Labute approximate surface area is 239 Å². The van der Waals surface area contributed by atoms with E-state index >= 15 is 0 Å². The number of ether oxygens (including phenoxy) is 1. The molecule has 1 saturated heterocycles. The normalized spacial score (nSPS) is 20.0. The molecule has 1 aliphatic carbocycles. The van der Waals surface area contributed by atoms with Gasteiger partial charge in [-0.25, -0.2) is 12.8 Å². The van der Waals surface area contributed by atoms with E-state index in [9.17, 15) is 22.4 Å². The summed E-state index contributed by atoms with van der Waals surface area (Å²) in [7, 11) is -1.73. The molecule has 1 aliphatic heterocycles.